The third-order valence-corrected chi connectivity index (χ3v) is 3.34. The second-order valence-electron chi connectivity index (χ2n) is 4.81. The Bertz CT molecular complexity index is 232. The van der Waals surface area contributed by atoms with E-state index >= 15 is 0 Å². The largest absolute Gasteiger partial charge is 0.496 e. The Morgan fingerprint density at radius 3 is 2.69 bits per heavy atom. The second kappa shape index (κ2) is 3.02. The van der Waals surface area contributed by atoms with E-state index in [-0.39, 0.29) is 0 Å². The summed E-state index contributed by atoms with van der Waals surface area (Å²) in [5.74, 6) is 1.94. The van der Waals surface area contributed by atoms with Crippen molar-refractivity contribution in [3.8, 4) is 0 Å². The van der Waals surface area contributed by atoms with Gasteiger partial charge in [-0.15, -0.1) is 0 Å². The summed E-state index contributed by atoms with van der Waals surface area (Å²) in [6, 6.07) is 0.456. The summed E-state index contributed by atoms with van der Waals surface area (Å²) in [6.45, 7) is 5.54. The fourth-order valence-corrected chi connectivity index (χ4v) is 2.27. The molecule has 1 aliphatic carbocycles. The Morgan fingerprint density at radius 2 is 2.31 bits per heavy atom. The van der Waals surface area contributed by atoms with Crippen LogP contribution in [0.2, 0.25) is 0 Å². The molecule has 0 spiro atoms. The fourth-order valence-electron chi connectivity index (χ4n) is 2.27. The molecule has 2 unspecified atom stereocenters. The van der Waals surface area contributed by atoms with Crippen molar-refractivity contribution in [1.82, 2.24) is 5.32 Å². The molecule has 2 atom stereocenters. The summed E-state index contributed by atoms with van der Waals surface area (Å²) in [7, 11) is 2.03. The minimum Gasteiger partial charge on any atom is -0.496 e. The van der Waals surface area contributed by atoms with E-state index in [4.69, 9.17) is 4.74 Å². The summed E-state index contributed by atoms with van der Waals surface area (Å²) in [5.41, 5.74) is 0.514. The molecule has 13 heavy (non-hydrogen) atoms. The number of nitrogens with one attached hydrogen (secondary N) is 1. The van der Waals surface area contributed by atoms with Gasteiger partial charge in [-0.1, -0.05) is 13.8 Å². The predicted molar refractivity (Wildman–Crippen MR) is 53.4 cm³/mol. The van der Waals surface area contributed by atoms with E-state index in [1.54, 1.807) is 0 Å². The standard InChI is InChI=1S/C11H19NO/c1-11(2)7-8(11)10(12-3)9-5-4-6-13-9/h5,8,10,12H,4,6-7H2,1-3H3. The Balaban J connectivity index is 2.02. The van der Waals surface area contributed by atoms with Crippen LogP contribution in [-0.4, -0.2) is 19.7 Å². The second-order valence-corrected chi connectivity index (χ2v) is 4.81. The Morgan fingerprint density at radius 1 is 1.62 bits per heavy atom. The van der Waals surface area contributed by atoms with Gasteiger partial charge in [0.25, 0.3) is 0 Å². The fraction of sp³-hybridized carbons (Fsp3) is 0.818. The van der Waals surface area contributed by atoms with E-state index in [1.165, 1.54) is 12.2 Å². The molecule has 0 amide bonds. The van der Waals surface area contributed by atoms with Crippen molar-refractivity contribution in [2.24, 2.45) is 11.3 Å². The van der Waals surface area contributed by atoms with Crippen molar-refractivity contribution in [1.29, 1.82) is 0 Å². The lowest BCUT2D eigenvalue weighted by molar-refractivity contribution is 0.206. The molecule has 0 aromatic carbocycles. The third-order valence-electron chi connectivity index (χ3n) is 3.34. The van der Waals surface area contributed by atoms with Crippen LogP contribution in [0.1, 0.15) is 26.7 Å². The first kappa shape index (κ1) is 9.07. The lowest BCUT2D eigenvalue weighted by atomic mass is 10.0. The average molecular weight is 181 g/mol. The highest BCUT2D eigenvalue weighted by Gasteiger charge is 2.51. The van der Waals surface area contributed by atoms with Gasteiger partial charge in [-0.25, -0.2) is 0 Å². The van der Waals surface area contributed by atoms with Gasteiger partial charge in [-0.2, -0.15) is 0 Å². The summed E-state index contributed by atoms with van der Waals surface area (Å²) in [4.78, 5) is 0. The maximum absolute atomic E-state index is 5.60. The van der Waals surface area contributed by atoms with E-state index in [0.717, 1.165) is 18.9 Å². The molecule has 1 fully saturated rings. The smallest absolute Gasteiger partial charge is 0.109 e. The number of likely N-dealkylation sites (N-methyl/N-ethyl adjacent to an activating group) is 1. The van der Waals surface area contributed by atoms with Crippen molar-refractivity contribution < 1.29 is 4.74 Å². The number of rotatable bonds is 3. The molecule has 74 valence electrons. The number of hydrogen-bond donors (Lipinski definition) is 1. The van der Waals surface area contributed by atoms with Crippen LogP contribution >= 0.6 is 0 Å². The minimum atomic E-state index is 0.456. The topological polar surface area (TPSA) is 21.3 Å². The Kier molecular flexibility index (Phi) is 2.11. The summed E-state index contributed by atoms with van der Waals surface area (Å²) < 4.78 is 5.60. The van der Waals surface area contributed by atoms with Gasteiger partial charge in [0.2, 0.25) is 0 Å². The Hall–Kier alpha value is -0.500. The van der Waals surface area contributed by atoms with E-state index in [1.807, 2.05) is 7.05 Å². The molecule has 2 heteroatoms. The molecule has 0 saturated heterocycles. The molecule has 1 aliphatic heterocycles. The predicted octanol–water partition coefficient (Wildman–Crippen LogP) is 1.92. The molecule has 0 bridgehead atoms. The third kappa shape index (κ3) is 1.60. The first-order valence-corrected chi connectivity index (χ1v) is 5.15. The normalized spacial score (nSPS) is 32.2. The van der Waals surface area contributed by atoms with Gasteiger partial charge in [0, 0.05) is 6.42 Å². The van der Waals surface area contributed by atoms with Crippen LogP contribution in [0.4, 0.5) is 0 Å². The van der Waals surface area contributed by atoms with Crippen molar-refractivity contribution >= 4 is 0 Å². The van der Waals surface area contributed by atoms with Crippen molar-refractivity contribution in [2.45, 2.75) is 32.7 Å². The quantitative estimate of drug-likeness (QED) is 0.718. The van der Waals surface area contributed by atoms with Crippen LogP contribution in [0.25, 0.3) is 0 Å². The molecule has 0 radical (unpaired) electrons. The van der Waals surface area contributed by atoms with Crippen LogP contribution in [0.15, 0.2) is 11.8 Å². The van der Waals surface area contributed by atoms with Gasteiger partial charge in [0.05, 0.1) is 12.6 Å². The van der Waals surface area contributed by atoms with Gasteiger partial charge in [-0.05, 0) is 30.9 Å². The van der Waals surface area contributed by atoms with Crippen LogP contribution in [-0.2, 0) is 4.74 Å². The highest BCUT2D eigenvalue weighted by Crippen LogP contribution is 2.54. The average Bonchev–Trinajstić information content (AvgIpc) is 2.55. The van der Waals surface area contributed by atoms with Crippen LogP contribution in [0, 0.1) is 11.3 Å². The van der Waals surface area contributed by atoms with Crippen LogP contribution < -0.4 is 5.32 Å². The SMILES string of the molecule is CNC(C1=CCCO1)C1CC1(C)C. The van der Waals surface area contributed by atoms with Crippen molar-refractivity contribution in [3.05, 3.63) is 11.8 Å². The molecule has 2 aliphatic rings. The van der Waals surface area contributed by atoms with E-state index in [2.05, 4.69) is 25.2 Å². The molecule has 1 N–H and O–H groups in total. The zero-order chi connectivity index (χ0) is 9.47. The van der Waals surface area contributed by atoms with Gasteiger partial charge < -0.3 is 10.1 Å². The molecule has 2 nitrogen and oxygen atoms in total. The van der Waals surface area contributed by atoms with Gasteiger partial charge >= 0.3 is 0 Å². The highest BCUT2D eigenvalue weighted by atomic mass is 16.5. The molecule has 2 rings (SSSR count). The minimum absolute atomic E-state index is 0.456. The lowest BCUT2D eigenvalue weighted by Gasteiger charge is -2.18. The van der Waals surface area contributed by atoms with Gasteiger partial charge in [0.1, 0.15) is 5.76 Å². The maximum Gasteiger partial charge on any atom is 0.109 e. The van der Waals surface area contributed by atoms with Crippen LogP contribution in [0.3, 0.4) is 0 Å². The summed E-state index contributed by atoms with van der Waals surface area (Å²) >= 11 is 0. The first-order valence-electron chi connectivity index (χ1n) is 5.15. The van der Waals surface area contributed by atoms with E-state index in [0.29, 0.717) is 11.5 Å². The van der Waals surface area contributed by atoms with Gasteiger partial charge in [0.15, 0.2) is 0 Å². The molecule has 0 aromatic rings. The molecular formula is C11H19NO. The molecular weight excluding hydrogens is 162 g/mol. The van der Waals surface area contributed by atoms with E-state index in [9.17, 15) is 0 Å². The maximum atomic E-state index is 5.60. The zero-order valence-electron chi connectivity index (χ0n) is 8.76. The van der Waals surface area contributed by atoms with Crippen molar-refractivity contribution in [2.75, 3.05) is 13.7 Å². The van der Waals surface area contributed by atoms with Crippen LogP contribution in [0.5, 0.6) is 0 Å². The number of hydrogen-bond acceptors (Lipinski definition) is 2. The Labute approximate surface area is 80.4 Å². The highest BCUT2D eigenvalue weighted by molar-refractivity contribution is 5.16. The zero-order valence-corrected chi connectivity index (χ0v) is 8.76. The molecule has 0 aromatic heterocycles. The molecule has 1 heterocycles. The summed E-state index contributed by atoms with van der Waals surface area (Å²) in [5, 5.41) is 3.37. The molecule has 1 saturated carbocycles. The summed E-state index contributed by atoms with van der Waals surface area (Å²) in [6.07, 6.45) is 4.63. The first-order chi connectivity index (χ1) is 6.15. The van der Waals surface area contributed by atoms with Gasteiger partial charge in [-0.3, -0.25) is 0 Å². The monoisotopic (exact) mass is 181 g/mol. The lowest BCUT2D eigenvalue weighted by Crippen LogP contribution is -2.31. The number of ether oxygens (including phenoxy) is 1. The van der Waals surface area contributed by atoms with E-state index < -0.39 is 0 Å². The van der Waals surface area contributed by atoms with Crippen molar-refractivity contribution in [3.63, 3.8) is 0 Å².